The van der Waals surface area contributed by atoms with Gasteiger partial charge in [0.25, 0.3) is 0 Å². The van der Waals surface area contributed by atoms with Crippen molar-refractivity contribution in [3.8, 4) is 5.75 Å². The van der Waals surface area contributed by atoms with E-state index < -0.39 is 12.1 Å². The molecule has 1 aromatic rings. The van der Waals surface area contributed by atoms with Gasteiger partial charge in [-0.1, -0.05) is 6.07 Å². The fourth-order valence-electron chi connectivity index (χ4n) is 2.10. The lowest BCUT2D eigenvalue weighted by Crippen LogP contribution is -2.25. The van der Waals surface area contributed by atoms with Crippen LogP contribution in [0.1, 0.15) is 35.7 Å². The summed E-state index contributed by atoms with van der Waals surface area (Å²) in [5.41, 5.74) is 1.78. The quantitative estimate of drug-likeness (QED) is 0.769. The summed E-state index contributed by atoms with van der Waals surface area (Å²) in [6.07, 6.45) is 1.74. The third kappa shape index (κ3) is 2.53. The number of rotatable bonds is 3. The molecule has 4 heteroatoms. The van der Waals surface area contributed by atoms with E-state index in [0.717, 1.165) is 24.0 Å². The highest BCUT2D eigenvalue weighted by atomic mass is 16.6. The molecule has 0 aromatic heterocycles. The van der Waals surface area contributed by atoms with Crippen LogP contribution in [0.25, 0.3) is 0 Å². The van der Waals surface area contributed by atoms with E-state index in [2.05, 4.69) is 4.74 Å². The van der Waals surface area contributed by atoms with Crippen LogP contribution in [0.15, 0.2) is 18.2 Å². The normalized spacial score (nSPS) is 15.8. The first-order chi connectivity index (χ1) is 8.61. The number of hydrogen-bond donors (Lipinski definition) is 0. The second kappa shape index (κ2) is 5.21. The van der Waals surface area contributed by atoms with Gasteiger partial charge in [0, 0.05) is 12.0 Å². The molecule has 0 saturated carbocycles. The third-order valence-corrected chi connectivity index (χ3v) is 3.08. The summed E-state index contributed by atoms with van der Waals surface area (Å²) in [5, 5.41) is 0. The highest BCUT2D eigenvalue weighted by Crippen LogP contribution is 2.25. The SMILES string of the molecule is COC(=O)C(C)Oc1ccc2c(c1)C(=O)CCC2. The van der Waals surface area contributed by atoms with Gasteiger partial charge in [0.1, 0.15) is 5.75 Å². The minimum Gasteiger partial charge on any atom is -0.479 e. The van der Waals surface area contributed by atoms with Crippen molar-refractivity contribution in [1.82, 2.24) is 0 Å². The summed E-state index contributed by atoms with van der Waals surface area (Å²) >= 11 is 0. The van der Waals surface area contributed by atoms with Crippen molar-refractivity contribution >= 4 is 11.8 Å². The van der Waals surface area contributed by atoms with E-state index in [4.69, 9.17) is 4.74 Å². The molecule has 0 aliphatic heterocycles. The number of fused-ring (bicyclic) bond motifs is 1. The Balaban J connectivity index is 2.18. The van der Waals surface area contributed by atoms with Gasteiger partial charge >= 0.3 is 5.97 Å². The van der Waals surface area contributed by atoms with Crippen LogP contribution in [0, 0.1) is 0 Å². The van der Waals surface area contributed by atoms with Gasteiger partial charge in [-0.3, -0.25) is 4.79 Å². The average Bonchev–Trinajstić information content (AvgIpc) is 2.38. The summed E-state index contributed by atoms with van der Waals surface area (Å²) in [7, 11) is 1.32. The second-order valence-electron chi connectivity index (χ2n) is 4.38. The molecule has 18 heavy (non-hydrogen) atoms. The van der Waals surface area contributed by atoms with Gasteiger partial charge in [0.15, 0.2) is 11.9 Å². The van der Waals surface area contributed by atoms with Gasteiger partial charge in [-0.2, -0.15) is 0 Å². The van der Waals surface area contributed by atoms with E-state index in [1.165, 1.54) is 7.11 Å². The van der Waals surface area contributed by atoms with Crippen LogP contribution in [-0.4, -0.2) is 25.0 Å². The lowest BCUT2D eigenvalue weighted by molar-refractivity contribution is -0.147. The van der Waals surface area contributed by atoms with Crippen molar-refractivity contribution in [2.24, 2.45) is 0 Å². The lowest BCUT2D eigenvalue weighted by Gasteiger charge is -2.17. The predicted molar refractivity (Wildman–Crippen MR) is 65.8 cm³/mol. The number of methoxy groups -OCH3 is 1. The van der Waals surface area contributed by atoms with Crippen molar-refractivity contribution < 1.29 is 19.1 Å². The maximum atomic E-state index is 11.8. The number of benzene rings is 1. The van der Waals surface area contributed by atoms with Crippen molar-refractivity contribution in [3.05, 3.63) is 29.3 Å². The summed E-state index contributed by atoms with van der Waals surface area (Å²) < 4.78 is 10.0. The zero-order chi connectivity index (χ0) is 13.1. The van der Waals surface area contributed by atoms with Gasteiger partial charge < -0.3 is 9.47 Å². The summed E-state index contributed by atoms with van der Waals surface area (Å²) in [6.45, 7) is 1.62. The van der Waals surface area contributed by atoms with Gasteiger partial charge in [0.2, 0.25) is 0 Å². The number of esters is 1. The van der Waals surface area contributed by atoms with Crippen molar-refractivity contribution in [2.75, 3.05) is 7.11 Å². The zero-order valence-corrected chi connectivity index (χ0v) is 10.6. The van der Waals surface area contributed by atoms with Crippen LogP contribution in [0.5, 0.6) is 5.75 Å². The summed E-state index contributed by atoms with van der Waals surface area (Å²) in [4.78, 5) is 23.0. The molecule has 1 unspecified atom stereocenters. The Morgan fingerprint density at radius 3 is 2.83 bits per heavy atom. The molecule has 1 atom stereocenters. The van der Waals surface area contributed by atoms with Gasteiger partial charge in [0.05, 0.1) is 7.11 Å². The number of ketones is 1. The molecule has 1 aliphatic carbocycles. The molecular weight excluding hydrogens is 232 g/mol. The fourth-order valence-corrected chi connectivity index (χ4v) is 2.10. The van der Waals surface area contributed by atoms with Crippen LogP contribution in [-0.2, 0) is 16.0 Å². The van der Waals surface area contributed by atoms with Crippen molar-refractivity contribution in [3.63, 3.8) is 0 Å². The van der Waals surface area contributed by atoms with Gasteiger partial charge in [-0.15, -0.1) is 0 Å². The standard InChI is InChI=1S/C14H16O4/c1-9(14(16)17-2)18-11-7-6-10-4-3-5-13(15)12(10)8-11/h6-9H,3-5H2,1-2H3. The van der Waals surface area contributed by atoms with Crippen LogP contribution in [0.2, 0.25) is 0 Å². The van der Waals surface area contributed by atoms with E-state index in [0.29, 0.717) is 12.2 Å². The Morgan fingerprint density at radius 1 is 1.33 bits per heavy atom. The van der Waals surface area contributed by atoms with Crippen LogP contribution in [0.3, 0.4) is 0 Å². The minimum absolute atomic E-state index is 0.146. The summed E-state index contributed by atoms with van der Waals surface area (Å²) in [5.74, 6) is 0.244. The number of ether oxygens (including phenoxy) is 2. The second-order valence-corrected chi connectivity index (χ2v) is 4.38. The molecule has 0 fully saturated rings. The first-order valence-electron chi connectivity index (χ1n) is 6.02. The average molecular weight is 248 g/mol. The molecule has 0 N–H and O–H groups in total. The van der Waals surface area contributed by atoms with E-state index in [1.807, 2.05) is 6.07 Å². The smallest absolute Gasteiger partial charge is 0.346 e. The highest BCUT2D eigenvalue weighted by molar-refractivity contribution is 5.98. The van der Waals surface area contributed by atoms with E-state index in [-0.39, 0.29) is 5.78 Å². The van der Waals surface area contributed by atoms with Gasteiger partial charge in [-0.25, -0.2) is 4.79 Å². The molecule has 0 amide bonds. The van der Waals surface area contributed by atoms with Crippen LogP contribution >= 0.6 is 0 Å². The number of aryl methyl sites for hydroxylation is 1. The maximum Gasteiger partial charge on any atom is 0.346 e. The Morgan fingerprint density at radius 2 is 2.11 bits per heavy atom. The molecule has 96 valence electrons. The molecule has 0 spiro atoms. The molecule has 0 heterocycles. The highest BCUT2D eigenvalue weighted by Gasteiger charge is 2.19. The first-order valence-corrected chi connectivity index (χ1v) is 6.02. The molecule has 1 aromatic carbocycles. The maximum absolute atomic E-state index is 11.8. The Labute approximate surface area is 106 Å². The van der Waals surface area contributed by atoms with Crippen molar-refractivity contribution in [2.45, 2.75) is 32.3 Å². The van der Waals surface area contributed by atoms with E-state index >= 15 is 0 Å². The monoisotopic (exact) mass is 248 g/mol. The first kappa shape index (κ1) is 12.6. The molecule has 0 bridgehead atoms. The Bertz CT molecular complexity index is 479. The van der Waals surface area contributed by atoms with E-state index in [1.54, 1.807) is 19.1 Å². The number of Topliss-reactive ketones (excluding diaryl/α,β-unsaturated/α-hetero) is 1. The molecular formula is C14H16O4. The lowest BCUT2D eigenvalue weighted by atomic mass is 9.90. The molecule has 1 aliphatic rings. The topological polar surface area (TPSA) is 52.6 Å². The molecule has 4 nitrogen and oxygen atoms in total. The predicted octanol–water partition coefficient (Wildman–Crippen LogP) is 2.15. The number of carbonyl (C=O) groups excluding carboxylic acids is 2. The Hall–Kier alpha value is -1.84. The molecule has 2 rings (SSSR count). The zero-order valence-electron chi connectivity index (χ0n) is 10.6. The van der Waals surface area contributed by atoms with Crippen LogP contribution < -0.4 is 4.74 Å². The largest absolute Gasteiger partial charge is 0.479 e. The fraction of sp³-hybridized carbons (Fsp3) is 0.429. The Kier molecular flexibility index (Phi) is 3.65. The van der Waals surface area contributed by atoms with Crippen LogP contribution in [0.4, 0.5) is 0 Å². The van der Waals surface area contributed by atoms with Gasteiger partial charge in [-0.05, 0) is 37.5 Å². The molecule has 0 radical (unpaired) electrons. The number of carbonyl (C=O) groups is 2. The molecule has 0 saturated heterocycles. The minimum atomic E-state index is -0.674. The summed E-state index contributed by atoms with van der Waals surface area (Å²) in [6, 6.07) is 5.40. The van der Waals surface area contributed by atoms with E-state index in [9.17, 15) is 9.59 Å². The van der Waals surface area contributed by atoms with Crippen molar-refractivity contribution in [1.29, 1.82) is 0 Å². The third-order valence-electron chi connectivity index (χ3n) is 3.08. The number of hydrogen-bond acceptors (Lipinski definition) is 4.